The van der Waals surface area contributed by atoms with Crippen molar-refractivity contribution in [2.24, 2.45) is 5.92 Å². The molecule has 9 heteroatoms. The summed E-state index contributed by atoms with van der Waals surface area (Å²) in [6.45, 7) is 7.48. The Morgan fingerprint density at radius 2 is 2.07 bits per heavy atom. The van der Waals surface area contributed by atoms with E-state index < -0.39 is 18.8 Å². The van der Waals surface area contributed by atoms with Gasteiger partial charge in [-0.15, -0.1) is 0 Å². The van der Waals surface area contributed by atoms with Gasteiger partial charge in [0.2, 0.25) is 0 Å². The van der Waals surface area contributed by atoms with E-state index >= 15 is 0 Å². The van der Waals surface area contributed by atoms with Gasteiger partial charge in [-0.2, -0.15) is 18.3 Å². The minimum atomic E-state index is -4.34. The zero-order chi connectivity index (χ0) is 20.0. The van der Waals surface area contributed by atoms with E-state index in [2.05, 4.69) is 10.4 Å². The largest absolute Gasteiger partial charge is 0.408 e. The van der Waals surface area contributed by atoms with Crippen molar-refractivity contribution in [2.75, 3.05) is 19.7 Å². The molecule has 1 aromatic rings. The Bertz CT molecular complexity index is 714. The number of nitrogens with one attached hydrogen (secondary N) is 1. The topological polar surface area (TPSA) is 59.4 Å². The summed E-state index contributed by atoms with van der Waals surface area (Å²) >= 11 is 0. The minimum absolute atomic E-state index is 0.222. The van der Waals surface area contributed by atoms with Crippen LogP contribution in [-0.4, -0.2) is 52.2 Å². The summed E-state index contributed by atoms with van der Waals surface area (Å²) < 4.78 is 45.0. The van der Waals surface area contributed by atoms with Gasteiger partial charge in [0.25, 0.3) is 0 Å². The van der Waals surface area contributed by atoms with Crippen molar-refractivity contribution in [1.29, 1.82) is 0 Å². The lowest BCUT2D eigenvalue weighted by atomic mass is 9.98. The zero-order valence-electron chi connectivity index (χ0n) is 16.2. The van der Waals surface area contributed by atoms with Gasteiger partial charge in [-0.1, -0.05) is 0 Å². The minimum Gasteiger partial charge on any atom is -0.371 e. The Hall–Kier alpha value is -1.77. The van der Waals surface area contributed by atoms with Crippen LogP contribution in [0.4, 0.5) is 18.0 Å². The highest BCUT2D eigenvalue weighted by atomic mass is 19.4. The van der Waals surface area contributed by atoms with E-state index in [1.807, 2.05) is 6.92 Å². The highest BCUT2D eigenvalue weighted by Gasteiger charge is 2.46. The van der Waals surface area contributed by atoms with E-state index in [4.69, 9.17) is 4.74 Å². The van der Waals surface area contributed by atoms with Crippen LogP contribution in [0.3, 0.4) is 0 Å². The molecule has 1 aliphatic heterocycles. The fourth-order valence-corrected chi connectivity index (χ4v) is 4.02. The molecular weight excluding hydrogens is 361 g/mol. The van der Waals surface area contributed by atoms with Crippen LogP contribution in [0, 0.1) is 19.8 Å². The van der Waals surface area contributed by atoms with Crippen LogP contribution in [0.1, 0.15) is 49.7 Å². The number of aromatic nitrogens is 2. The number of hydrogen-bond acceptors (Lipinski definition) is 3. The molecule has 1 saturated carbocycles. The van der Waals surface area contributed by atoms with Crippen molar-refractivity contribution in [3.63, 3.8) is 0 Å². The molecule has 1 saturated heterocycles. The van der Waals surface area contributed by atoms with Gasteiger partial charge in [-0.25, -0.2) is 4.79 Å². The smallest absolute Gasteiger partial charge is 0.371 e. The number of carbonyl (C=O) groups excluding carboxylic acids is 1. The second-order valence-corrected chi connectivity index (χ2v) is 7.89. The molecule has 2 aliphatic rings. The Morgan fingerprint density at radius 3 is 2.67 bits per heavy atom. The molecule has 1 aliphatic carbocycles. The van der Waals surface area contributed by atoms with Gasteiger partial charge in [0.05, 0.1) is 30.5 Å². The lowest BCUT2D eigenvalue weighted by Gasteiger charge is -2.41. The number of alkyl halides is 3. The molecule has 0 spiro atoms. The van der Waals surface area contributed by atoms with Crippen molar-refractivity contribution in [3.05, 3.63) is 17.0 Å². The second kappa shape index (κ2) is 7.00. The summed E-state index contributed by atoms with van der Waals surface area (Å²) in [7, 11) is 0. The van der Waals surface area contributed by atoms with E-state index in [9.17, 15) is 18.0 Å². The average Bonchev–Trinajstić information content (AvgIpc) is 3.34. The summed E-state index contributed by atoms with van der Waals surface area (Å²) in [5.74, 6) is 0.496. The molecule has 6 nitrogen and oxygen atoms in total. The summed E-state index contributed by atoms with van der Waals surface area (Å²) in [6, 6.07) is -0.658. The number of aryl methyl sites for hydroxylation is 1. The Morgan fingerprint density at radius 1 is 1.41 bits per heavy atom. The number of halogens is 3. The lowest BCUT2D eigenvalue weighted by molar-refractivity contribution is -0.143. The number of rotatable bonds is 4. The first-order valence-electron chi connectivity index (χ1n) is 9.30. The fraction of sp³-hybridized carbons (Fsp3) is 0.778. The molecule has 0 radical (unpaired) electrons. The normalized spacial score (nSPS) is 24.8. The van der Waals surface area contributed by atoms with Gasteiger partial charge >= 0.3 is 12.2 Å². The molecule has 1 aromatic heterocycles. The number of nitrogens with zero attached hydrogens (tertiary/aromatic N) is 3. The maximum atomic E-state index is 12.7. The first-order valence-corrected chi connectivity index (χ1v) is 9.30. The zero-order valence-corrected chi connectivity index (χ0v) is 16.2. The van der Waals surface area contributed by atoms with Gasteiger partial charge in [-0.3, -0.25) is 4.68 Å². The molecule has 2 unspecified atom stereocenters. The maximum Gasteiger partial charge on any atom is 0.408 e. The number of amides is 2. The number of ether oxygens (including phenoxy) is 1. The van der Waals surface area contributed by atoms with Crippen LogP contribution in [0.15, 0.2) is 0 Å². The number of urea groups is 1. The molecule has 3 rings (SSSR count). The Balaban J connectivity index is 1.68. The quantitative estimate of drug-likeness (QED) is 0.861. The highest BCUT2D eigenvalue weighted by Crippen LogP contribution is 2.43. The van der Waals surface area contributed by atoms with Gasteiger partial charge in [-0.05, 0) is 46.5 Å². The van der Waals surface area contributed by atoms with Crippen LogP contribution in [0.5, 0.6) is 0 Å². The number of morpholine rings is 1. The molecular formula is C18H27F3N4O2. The molecule has 2 amide bonds. The monoisotopic (exact) mass is 388 g/mol. The SMILES string of the molecule is Cc1nn(CC(F)(F)F)c(C)c1C(C)NC(=O)N1CCOC(C)(C2CC2)C1. The van der Waals surface area contributed by atoms with E-state index in [1.165, 1.54) is 0 Å². The summed E-state index contributed by atoms with van der Waals surface area (Å²) in [5, 5.41) is 6.92. The summed E-state index contributed by atoms with van der Waals surface area (Å²) in [6.07, 6.45) is -2.09. The Kier molecular flexibility index (Phi) is 5.18. The van der Waals surface area contributed by atoms with Crippen LogP contribution in [0.25, 0.3) is 0 Å². The molecule has 1 N–H and O–H groups in total. The second-order valence-electron chi connectivity index (χ2n) is 7.89. The van der Waals surface area contributed by atoms with Crippen LogP contribution in [-0.2, 0) is 11.3 Å². The van der Waals surface area contributed by atoms with Gasteiger partial charge in [0.15, 0.2) is 0 Å². The lowest BCUT2D eigenvalue weighted by Crippen LogP contribution is -2.55. The predicted octanol–water partition coefficient (Wildman–Crippen LogP) is 3.33. The molecule has 27 heavy (non-hydrogen) atoms. The third-order valence-corrected chi connectivity index (χ3v) is 5.57. The number of hydrogen-bond donors (Lipinski definition) is 1. The summed E-state index contributed by atoms with van der Waals surface area (Å²) in [5.41, 5.74) is 1.24. The van der Waals surface area contributed by atoms with Crippen molar-refractivity contribution in [3.8, 4) is 0 Å². The first-order chi connectivity index (χ1) is 12.5. The molecule has 2 atom stereocenters. The third kappa shape index (κ3) is 4.39. The summed E-state index contributed by atoms with van der Waals surface area (Å²) in [4.78, 5) is 14.5. The predicted molar refractivity (Wildman–Crippen MR) is 93.4 cm³/mol. The molecule has 2 heterocycles. The molecule has 2 fully saturated rings. The van der Waals surface area contributed by atoms with Crippen LogP contribution < -0.4 is 5.32 Å². The van der Waals surface area contributed by atoms with Crippen molar-refractivity contribution in [1.82, 2.24) is 20.0 Å². The van der Waals surface area contributed by atoms with Crippen molar-refractivity contribution < 1.29 is 22.7 Å². The van der Waals surface area contributed by atoms with E-state index in [0.29, 0.717) is 42.6 Å². The fourth-order valence-electron chi connectivity index (χ4n) is 4.02. The highest BCUT2D eigenvalue weighted by molar-refractivity contribution is 5.75. The maximum absolute atomic E-state index is 12.7. The van der Waals surface area contributed by atoms with Crippen LogP contribution in [0.2, 0.25) is 0 Å². The van der Waals surface area contributed by atoms with Gasteiger partial charge in [0, 0.05) is 17.8 Å². The standard InChI is InChI=1S/C18H27F3N4O2/c1-11(15-12(2)23-25(13(15)3)10-18(19,20)21)22-16(26)24-7-8-27-17(4,9-24)14-5-6-14/h11,14H,5-10H2,1-4H3,(H,22,26). The van der Waals surface area contributed by atoms with E-state index in [0.717, 1.165) is 17.5 Å². The number of carbonyl (C=O) groups is 1. The van der Waals surface area contributed by atoms with Gasteiger partial charge < -0.3 is 15.0 Å². The molecule has 0 aromatic carbocycles. The van der Waals surface area contributed by atoms with Gasteiger partial charge in [0.1, 0.15) is 6.54 Å². The van der Waals surface area contributed by atoms with Crippen molar-refractivity contribution >= 4 is 6.03 Å². The average molecular weight is 388 g/mol. The van der Waals surface area contributed by atoms with Crippen molar-refractivity contribution in [2.45, 2.75) is 64.9 Å². The molecule has 152 valence electrons. The Labute approximate surface area is 157 Å². The molecule has 0 bridgehead atoms. The van der Waals surface area contributed by atoms with E-state index in [1.54, 1.807) is 25.7 Å². The third-order valence-electron chi connectivity index (χ3n) is 5.57. The van der Waals surface area contributed by atoms with Crippen LogP contribution >= 0.6 is 0 Å². The first kappa shape index (κ1) is 20.0. The van der Waals surface area contributed by atoms with E-state index in [-0.39, 0.29) is 11.6 Å².